The van der Waals surface area contributed by atoms with E-state index >= 15 is 0 Å². The first-order valence-electron chi connectivity index (χ1n) is 5.35. The van der Waals surface area contributed by atoms with E-state index in [4.69, 9.17) is 5.73 Å². The third-order valence-electron chi connectivity index (χ3n) is 2.51. The van der Waals surface area contributed by atoms with Gasteiger partial charge in [-0.15, -0.1) is 0 Å². The monoisotopic (exact) mass is 220 g/mol. The highest BCUT2D eigenvalue weighted by Crippen LogP contribution is 2.28. The molecule has 0 heterocycles. The minimum atomic E-state index is -0.0211. The van der Waals surface area contributed by atoms with Gasteiger partial charge in [0.15, 0.2) is 0 Å². The average Bonchev–Trinajstić information content (AvgIpc) is 2.14. The molecule has 0 saturated heterocycles. The first-order chi connectivity index (χ1) is 7.23. The molecule has 88 valence electrons. The fourth-order valence-corrected chi connectivity index (χ4v) is 1.64. The molecule has 0 atom stereocenters. The molecule has 2 N–H and O–H groups in total. The van der Waals surface area contributed by atoms with Crippen LogP contribution in [0.15, 0.2) is 18.2 Å². The number of carbonyl (C=O) groups is 1. The summed E-state index contributed by atoms with van der Waals surface area (Å²) < 4.78 is 0. The molecule has 1 amide bonds. The van der Waals surface area contributed by atoms with Crippen LogP contribution in [0.3, 0.4) is 0 Å². The number of benzene rings is 1. The van der Waals surface area contributed by atoms with Crippen molar-refractivity contribution < 1.29 is 4.79 Å². The number of nitrogens with two attached hydrogens (primary N) is 1. The largest absolute Gasteiger partial charge is 0.398 e. The van der Waals surface area contributed by atoms with Crippen molar-refractivity contribution >= 4 is 11.6 Å². The highest BCUT2D eigenvalue weighted by atomic mass is 16.2. The van der Waals surface area contributed by atoms with Crippen LogP contribution in [0, 0.1) is 0 Å². The molecule has 1 aromatic carbocycles. The minimum absolute atomic E-state index is 0.00375. The molecule has 0 radical (unpaired) electrons. The van der Waals surface area contributed by atoms with Crippen LogP contribution in [0.1, 0.15) is 36.7 Å². The summed E-state index contributed by atoms with van der Waals surface area (Å²) in [7, 11) is 3.46. The smallest absolute Gasteiger partial charge is 0.253 e. The number of anilines is 1. The Morgan fingerprint density at radius 3 is 2.19 bits per heavy atom. The van der Waals surface area contributed by atoms with Crippen LogP contribution in [-0.2, 0) is 5.41 Å². The van der Waals surface area contributed by atoms with Crippen molar-refractivity contribution in [2.24, 2.45) is 0 Å². The number of nitrogen functional groups attached to an aromatic ring is 1. The standard InChI is InChI=1S/C13H20N2O/c1-13(2,3)10-7-6-9(8-11(10)14)12(16)15(4)5/h6-8H,14H2,1-5H3. The Hall–Kier alpha value is -1.51. The lowest BCUT2D eigenvalue weighted by molar-refractivity contribution is 0.0827. The average molecular weight is 220 g/mol. The maximum Gasteiger partial charge on any atom is 0.253 e. The molecule has 1 aromatic rings. The Bertz CT molecular complexity index is 403. The molecule has 0 aliphatic rings. The molecule has 0 fully saturated rings. The molecule has 0 aliphatic heterocycles. The first-order valence-corrected chi connectivity index (χ1v) is 5.35. The Balaban J connectivity index is 3.15. The maximum atomic E-state index is 11.7. The van der Waals surface area contributed by atoms with E-state index in [0.717, 1.165) is 5.56 Å². The molecule has 3 nitrogen and oxygen atoms in total. The van der Waals surface area contributed by atoms with Gasteiger partial charge in [-0.05, 0) is 23.1 Å². The molecule has 0 aromatic heterocycles. The van der Waals surface area contributed by atoms with Gasteiger partial charge in [0, 0.05) is 25.3 Å². The zero-order valence-corrected chi connectivity index (χ0v) is 10.7. The van der Waals surface area contributed by atoms with Gasteiger partial charge in [-0.25, -0.2) is 0 Å². The number of hydrogen-bond donors (Lipinski definition) is 1. The second-order valence-corrected chi connectivity index (χ2v) is 5.25. The first kappa shape index (κ1) is 12.6. The van der Waals surface area contributed by atoms with Crippen molar-refractivity contribution in [3.63, 3.8) is 0 Å². The molecule has 0 bridgehead atoms. The zero-order chi connectivity index (χ0) is 12.5. The van der Waals surface area contributed by atoms with E-state index in [0.29, 0.717) is 11.3 Å². The number of amides is 1. The molecular weight excluding hydrogens is 200 g/mol. The van der Waals surface area contributed by atoms with Gasteiger partial charge in [0.05, 0.1) is 0 Å². The summed E-state index contributed by atoms with van der Waals surface area (Å²) in [5, 5.41) is 0. The van der Waals surface area contributed by atoms with Crippen molar-refractivity contribution in [1.82, 2.24) is 4.90 Å². The van der Waals surface area contributed by atoms with E-state index in [9.17, 15) is 4.79 Å². The number of rotatable bonds is 1. The molecule has 0 aliphatic carbocycles. The van der Waals surface area contributed by atoms with Gasteiger partial charge in [0.25, 0.3) is 5.91 Å². The Kier molecular flexibility index (Phi) is 3.27. The van der Waals surface area contributed by atoms with Crippen LogP contribution in [-0.4, -0.2) is 24.9 Å². The van der Waals surface area contributed by atoms with Gasteiger partial charge in [-0.3, -0.25) is 4.79 Å². The quantitative estimate of drug-likeness (QED) is 0.738. The number of nitrogens with zero attached hydrogens (tertiary/aromatic N) is 1. The van der Waals surface area contributed by atoms with Crippen LogP contribution in [0.25, 0.3) is 0 Å². The van der Waals surface area contributed by atoms with Crippen molar-refractivity contribution in [3.8, 4) is 0 Å². The summed E-state index contributed by atoms with van der Waals surface area (Å²) in [4.78, 5) is 13.3. The second kappa shape index (κ2) is 4.16. The number of carbonyl (C=O) groups excluding carboxylic acids is 1. The van der Waals surface area contributed by atoms with E-state index in [1.54, 1.807) is 25.1 Å². The van der Waals surface area contributed by atoms with E-state index in [1.165, 1.54) is 0 Å². The molecule has 0 saturated carbocycles. The van der Waals surface area contributed by atoms with Crippen LogP contribution in [0.5, 0.6) is 0 Å². The topological polar surface area (TPSA) is 46.3 Å². The third kappa shape index (κ3) is 2.54. The van der Waals surface area contributed by atoms with Crippen LogP contribution < -0.4 is 5.73 Å². The van der Waals surface area contributed by atoms with Crippen molar-refractivity contribution in [2.45, 2.75) is 26.2 Å². The minimum Gasteiger partial charge on any atom is -0.398 e. The highest BCUT2D eigenvalue weighted by Gasteiger charge is 2.18. The predicted molar refractivity (Wildman–Crippen MR) is 67.6 cm³/mol. The second-order valence-electron chi connectivity index (χ2n) is 5.25. The predicted octanol–water partition coefficient (Wildman–Crippen LogP) is 2.27. The van der Waals surface area contributed by atoms with Gasteiger partial charge >= 0.3 is 0 Å². The summed E-state index contributed by atoms with van der Waals surface area (Å²) in [5.74, 6) is -0.0211. The SMILES string of the molecule is CN(C)C(=O)c1ccc(C(C)(C)C)c(N)c1. The van der Waals surface area contributed by atoms with Crippen molar-refractivity contribution in [2.75, 3.05) is 19.8 Å². The van der Waals surface area contributed by atoms with Crippen molar-refractivity contribution in [3.05, 3.63) is 29.3 Å². The Morgan fingerprint density at radius 2 is 1.81 bits per heavy atom. The normalized spacial score (nSPS) is 11.3. The maximum absolute atomic E-state index is 11.7. The Labute approximate surface area is 97.2 Å². The molecule has 1 rings (SSSR count). The van der Waals surface area contributed by atoms with E-state index in [2.05, 4.69) is 20.8 Å². The lowest BCUT2D eigenvalue weighted by Crippen LogP contribution is -2.22. The molecule has 0 unspecified atom stereocenters. The van der Waals surface area contributed by atoms with Crippen molar-refractivity contribution in [1.29, 1.82) is 0 Å². The molecule has 0 spiro atoms. The van der Waals surface area contributed by atoms with Crippen LogP contribution >= 0.6 is 0 Å². The summed E-state index contributed by atoms with van der Waals surface area (Å²) in [6.07, 6.45) is 0. The zero-order valence-electron chi connectivity index (χ0n) is 10.7. The molecular formula is C13H20N2O. The van der Waals surface area contributed by atoms with E-state index < -0.39 is 0 Å². The Morgan fingerprint density at radius 1 is 1.25 bits per heavy atom. The lowest BCUT2D eigenvalue weighted by atomic mass is 9.85. The number of hydrogen-bond acceptors (Lipinski definition) is 2. The van der Waals surface area contributed by atoms with Crippen LogP contribution in [0.4, 0.5) is 5.69 Å². The summed E-state index contributed by atoms with van der Waals surface area (Å²) in [6, 6.07) is 5.52. The van der Waals surface area contributed by atoms with Gasteiger partial charge in [0.1, 0.15) is 0 Å². The summed E-state index contributed by atoms with van der Waals surface area (Å²) in [5.41, 5.74) is 8.37. The fourth-order valence-electron chi connectivity index (χ4n) is 1.64. The highest BCUT2D eigenvalue weighted by molar-refractivity contribution is 5.95. The third-order valence-corrected chi connectivity index (χ3v) is 2.51. The summed E-state index contributed by atoms with van der Waals surface area (Å²) >= 11 is 0. The van der Waals surface area contributed by atoms with E-state index in [1.807, 2.05) is 12.1 Å². The summed E-state index contributed by atoms with van der Waals surface area (Å²) in [6.45, 7) is 6.31. The van der Waals surface area contributed by atoms with Gasteiger partial charge in [-0.1, -0.05) is 26.8 Å². The van der Waals surface area contributed by atoms with Gasteiger partial charge in [-0.2, -0.15) is 0 Å². The fraction of sp³-hybridized carbons (Fsp3) is 0.462. The van der Waals surface area contributed by atoms with E-state index in [-0.39, 0.29) is 11.3 Å². The van der Waals surface area contributed by atoms with Crippen LogP contribution in [0.2, 0.25) is 0 Å². The van der Waals surface area contributed by atoms with Gasteiger partial charge < -0.3 is 10.6 Å². The van der Waals surface area contributed by atoms with Gasteiger partial charge in [0.2, 0.25) is 0 Å². The molecule has 3 heteroatoms. The lowest BCUT2D eigenvalue weighted by Gasteiger charge is -2.22. The molecule has 16 heavy (non-hydrogen) atoms.